The number of carbonyl (C=O) groups is 1. The molecule has 1 atom stereocenters. The summed E-state index contributed by atoms with van der Waals surface area (Å²) in [5.74, 6) is 0.701. The molecule has 3 heterocycles. The number of allylic oxidation sites excluding steroid dienone is 4. The summed E-state index contributed by atoms with van der Waals surface area (Å²) in [4.78, 5) is 13.9. The van der Waals surface area contributed by atoms with E-state index in [4.69, 9.17) is 4.42 Å². The molecule has 8 heteroatoms. The van der Waals surface area contributed by atoms with E-state index in [1.54, 1.807) is 36.0 Å². The second-order valence-corrected chi connectivity index (χ2v) is 8.59. The topological polar surface area (TPSA) is 51.5 Å². The Balaban J connectivity index is 1.65. The molecule has 2 aliphatic heterocycles. The fourth-order valence-corrected chi connectivity index (χ4v) is 5.65. The van der Waals surface area contributed by atoms with Crippen LogP contribution in [0.15, 0.2) is 62.9 Å². The first-order valence-corrected chi connectivity index (χ1v) is 10.7. The lowest BCUT2D eigenvalue weighted by molar-refractivity contribution is -0.274. The van der Waals surface area contributed by atoms with Gasteiger partial charge in [-0.05, 0) is 49.1 Å². The van der Waals surface area contributed by atoms with Gasteiger partial charge in [0, 0.05) is 40.0 Å². The molecule has 4 nitrogen and oxygen atoms in total. The molecule has 2 aromatic rings. The van der Waals surface area contributed by atoms with Crippen molar-refractivity contribution in [3.63, 3.8) is 0 Å². The third-order valence-electron chi connectivity index (χ3n) is 5.57. The molecule has 1 aromatic carbocycles. The van der Waals surface area contributed by atoms with Crippen LogP contribution in [0.25, 0.3) is 11.3 Å². The van der Waals surface area contributed by atoms with E-state index in [-0.39, 0.29) is 28.8 Å². The molecule has 1 N–H and O–H groups in total. The average Bonchev–Trinajstić information content (AvgIpc) is 3.37. The lowest BCUT2D eigenvalue weighted by Crippen LogP contribution is -2.30. The van der Waals surface area contributed by atoms with Crippen LogP contribution < -0.4 is 10.1 Å². The van der Waals surface area contributed by atoms with Crippen molar-refractivity contribution in [1.82, 2.24) is 5.32 Å². The maximum atomic E-state index is 12.9. The van der Waals surface area contributed by atoms with Crippen LogP contribution in [0.5, 0.6) is 5.75 Å². The Morgan fingerprint density at radius 2 is 2.00 bits per heavy atom. The quantitative estimate of drug-likeness (QED) is 0.654. The highest BCUT2D eigenvalue weighted by Crippen LogP contribution is 2.51. The summed E-state index contributed by atoms with van der Waals surface area (Å²) >= 11 is 1.70. The van der Waals surface area contributed by atoms with Gasteiger partial charge >= 0.3 is 6.36 Å². The SMILES string of the molecule is O=C1CCCC2=C1C(c1ccc(OC(F)(F)F)c(-c3ccco3)c1)C1=C(CCS1)N2. The van der Waals surface area contributed by atoms with Gasteiger partial charge in [0.05, 0.1) is 11.8 Å². The summed E-state index contributed by atoms with van der Waals surface area (Å²) in [6, 6.07) is 7.81. The van der Waals surface area contributed by atoms with E-state index < -0.39 is 6.36 Å². The molecule has 0 radical (unpaired) electrons. The van der Waals surface area contributed by atoms with Gasteiger partial charge in [0.25, 0.3) is 0 Å². The molecule has 3 aliphatic rings. The molecule has 0 bridgehead atoms. The van der Waals surface area contributed by atoms with Crippen LogP contribution >= 0.6 is 11.8 Å². The molecule has 1 aromatic heterocycles. The summed E-state index contributed by atoms with van der Waals surface area (Å²) in [6.07, 6.45) is -0.416. The molecular formula is C22H18F3NO3S. The molecule has 0 amide bonds. The summed E-state index contributed by atoms with van der Waals surface area (Å²) < 4.78 is 48.4. The zero-order valence-corrected chi connectivity index (χ0v) is 16.7. The van der Waals surface area contributed by atoms with Crippen molar-refractivity contribution < 1.29 is 27.1 Å². The summed E-state index contributed by atoms with van der Waals surface area (Å²) in [5, 5.41) is 3.46. The third-order valence-corrected chi connectivity index (χ3v) is 6.77. The predicted octanol–water partition coefficient (Wildman–Crippen LogP) is 5.89. The van der Waals surface area contributed by atoms with Gasteiger partial charge in [0.15, 0.2) is 5.78 Å². The average molecular weight is 433 g/mol. The summed E-state index contributed by atoms with van der Waals surface area (Å²) in [5.41, 5.74) is 3.79. The zero-order chi connectivity index (χ0) is 20.9. The van der Waals surface area contributed by atoms with Crippen LogP contribution in [-0.2, 0) is 4.79 Å². The standard InChI is InChI=1S/C22H18F3NO3S/c23-22(24,25)29-18-7-6-12(11-13(18)17-5-2-9-28-17)19-20-14(3-1-4-16(20)27)26-15-8-10-30-21(15)19/h2,5-7,9,11,19,26H,1,3-4,8,10H2. The van der Waals surface area contributed by atoms with Crippen LogP contribution in [0, 0.1) is 0 Å². The second-order valence-electron chi connectivity index (χ2n) is 7.45. The molecule has 156 valence electrons. The molecule has 0 fully saturated rings. The molecule has 0 saturated heterocycles. The smallest absolute Gasteiger partial charge is 0.464 e. The number of ether oxygens (including phenoxy) is 1. The Kier molecular flexibility index (Phi) is 4.69. The molecular weight excluding hydrogens is 415 g/mol. The van der Waals surface area contributed by atoms with Crippen LogP contribution in [0.2, 0.25) is 0 Å². The van der Waals surface area contributed by atoms with Crippen molar-refractivity contribution in [2.24, 2.45) is 0 Å². The minimum Gasteiger partial charge on any atom is -0.464 e. The largest absolute Gasteiger partial charge is 0.573 e. The first-order valence-electron chi connectivity index (χ1n) is 9.73. The Labute approximate surface area is 175 Å². The van der Waals surface area contributed by atoms with Gasteiger partial charge < -0.3 is 14.5 Å². The van der Waals surface area contributed by atoms with Crippen molar-refractivity contribution in [3.05, 3.63) is 64.0 Å². The fourth-order valence-electron chi connectivity index (χ4n) is 4.38. The molecule has 5 rings (SSSR count). The van der Waals surface area contributed by atoms with E-state index in [2.05, 4.69) is 10.1 Å². The van der Waals surface area contributed by atoms with Crippen LogP contribution in [0.1, 0.15) is 37.2 Å². The molecule has 30 heavy (non-hydrogen) atoms. The first-order chi connectivity index (χ1) is 14.4. The number of dihydropyridines is 1. The van der Waals surface area contributed by atoms with Crippen molar-refractivity contribution in [2.75, 3.05) is 5.75 Å². The van der Waals surface area contributed by atoms with Crippen molar-refractivity contribution in [2.45, 2.75) is 38.0 Å². The van der Waals surface area contributed by atoms with Crippen LogP contribution in [0.4, 0.5) is 13.2 Å². The number of furan rings is 1. The number of halogens is 3. The Morgan fingerprint density at radius 3 is 2.77 bits per heavy atom. The monoisotopic (exact) mass is 433 g/mol. The number of Topliss-reactive ketones (excluding diaryl/α,β-unsaturated/α-hetero) is 1. The van der Waals surface area contributed by atoms with Crippen LogP contribution in [-0.4, -0.2) is 17.9 Å². The number of carbonyl (C=O) groups excluding carboxylic acids is 1. The number of thioether (sulfide) groups is 1. The highest BCUT2D eigenvalue weighted by atomic mass is 32.2. The van der Waals surface area contributed by atoms with Gasteiger partial charge in [-0.2, -0.15) is 0 Å². The number of hydrogen-bond acceptors (Lipinski definition) is 5. The number of rotatable bonds is 3. The highest BCUT2D eigenvalue weighted by Gasteiger charge is 2.39. The van der Waals surface area contributed by atoms with Crippen molar-refractivity contribution in [1.29, 1.82) is 0 Å². The van der Waals surface area contributed by atoms with E-state index in [1.807, 2.05) is 0 Å². The number of alkyl halides is 3. The van der Waals surface area contributed by atoms with Gasteiger partial charge in [0.1, 0.15) is 11.5 Å². The van der Waals surface area contributed by atoms with Gasteiger partial charge in [-0.15, -0.1) is 24.9 Å². The molecule has 0 spiro atoms. The molecule has 1 aliphatic carbocycles. The highest BCUT2D eigenvalue weighted by molar-refractivity contribution is 8.03. The van der Waals surface area contributed by atoms with E-state index in [9.17, 15) is 18.0 Å². The Morgan fingerprint density at radius 1 is 1.13 bits per heavy atom. The normalized spacial score (nSPS) is 21.4. The van der Waals surface area contributed by atoms with Gasteiger partial charge in [-0.3, -0.25) is 4.79 Å². The van der Waals surface area contributed by atoms with Gasteiger partial charge in [-0.1, -0.05) is 6.07 Å². The minimum atomic E-state index is -4.82. The number of hydrogen-bond donors (Lipinski definition) is 1. The second kappa shape index (κ2) is 7.27. The lowest BCUT2D eigenvalue weighted by Gasteiger charge is -2.33. The van der Waals surface area contributed by atoms with Crippen molar-refractivity contribution in [3.8, 4) is 17.1 Å². The van der Waals surface area contributed by atoms with Crippen LogP contribution in [0.3, 0.4) is 0 Å². The first kappa shape index (κ1) is 19.4. The Bertz CT molecular complexity index is 1070. The number of nitrogens with one attached hydrogen (secondary N) is 1. The maximum absolute atomic E-state index is 12.9. The van der Waals surface area contributed by atoms with E-state index in [1.165, 1.54) is 12.3 Å². The van der Waals surface area contributed by atoms with E-state index in [0.717, 1.165) is 52.5 Å². The Hall–Kier alpha value is -2.61. The minimum absolute atomic E-state index is 0.1000. The van der Waals surface area contributed by atoms with Gasteiger partial charge in [-0.25, -0.2) is 0 Å². The lowest BCUT2D eigenvalue weighted by atomic mass is 9.79. The van der Waals surface area contributed by atoms with Crippen molar-refractivity contribution >= 4 is 17.5 Å². The third kappa shape index (κ3) is 3.43. The molecule has 1 unspecified atom stereocenters. The fraction of sp³-hybridized carbons (Fsp3) is 0.318. The van der Waals surface area contributed by atoms with E-state index >= 15 is 0 Å². The number of benzene rings is 1. The molecule has 0 saturated carbocycles. The predicted molar refractivity (Wildman–Crippen MR) is 107 cm³/mol. The van der Waals surface area contributed by atoms with E-state index in [0.29, 0.717) is 6.42 Å². The van der Waals surface area contributed by atoms with Gasteiger partial charge in [0.2, 0.25) is 0 Å². The maximum Gasteiger partial charge on any atom is 0.573 e. The summed E-state index contributed by atoms with van der Waals surface area (Å²) in [7, 11) is 0. The number of ketones is 1. The summed E-state index contributed by atoms with van der Waals surface area (Å²) in [6.45, 7) is 0. The zero-order valence-electron chi connectivity index (χ0n) is 15.8.